The third-order valence-corrected chi connectivity index (χ3v) is 5.83. The van der Waals surface area contributed by atoms with Gasteiger partial charge in [0, 0.05) is 6.07 Å². The Bertz CT molecular complexity index is 1550. The van der Waals surface area contributed by atoms with E-state index < -0.39 is 22.0 Å². The number of nitrogens with one attached hydrogen (secondary N) is 1. The number of benzene rings is 3. The number of nitriles is 1. The van der Waals surface area contributed by atoms with Crippen LogP contribution in [0.2, 0.25) is 0 Å². The molecule has 170 valence electrons. The van der Waals surface area contributed by atoms with E-state index in [9.17, 15) is 23.1 Å². The van der Waals surface area contributed by atoms with Crippen molar-refractivity contribution in [1.82, 2.24) is 5.16 Å². The van der Waals surface area contributed by atoms with Crippen molar-refractivity contribution in [1.29, 1.82) is 5.26 Å². The lowest BCUT2D eigenvalue weighted by Crippen LogP contribution is -2.15. The number of rotatable bonds is 7. The van der Waals surface area contributed by atoms with E-state index in [2.05, 4.69) is 10.5 Å². The molecule has 0 saturated heterocycles. The number of nitrogens with zero attached hydrogens (tertiary/aromatic N) is 2. The summed E-state index contributed by atoms with van der Waals surface area (Å²) in [6.07, 6.45) is 0. The summed E-state index contributed by atoms with van der Waals surface area (Å²) in [5.74, 6) is -2.43. The van der Waals surface area contributed by atoms with Gasteiger partial charge in [0.1, 0.15) is 11.5 Å². The Morgan fingerprint density at radius 1 is 1.09 bits per heavy atom. The normalized spacial score (nSPS) is 11.0. The van der Waals surface area contributed by atoms with Gasteiger partial charge in [-0.05, 0) is 35.9 Å². The number of aromatic nitrogens is 1. The second kappa shape index (κ2) is 9.05. The summed E-state index contributed by atoms with van der Waals surface area (Å²) >= 11 is 0. The smallest absolute Gasteiger partial charge is 0.337 e. The minimum atomic E-state index is -3.95. The molecule has 3 aromatic carbocycles. The predicted octanol–water partition coefficient (Wildman–Crippen LogP) is 3.56. The summed E-state index contributed by atoms with van der Waals surface area (Å²) in [6, 6.07) is 18.2. The molecule has 0 aliphatic carbocycles. The first kappa shape index (κ1) is 22.5. The van der Waals surface area contributed by atoms with E-state index in [1.165, 1.54) is 30.3 Å². The van der Waals surface area contributed by atoms with E-state index in [1.807, 2.05) is 6.07 Å². The number of aromatic carboxylic acids is 1. The number of carbonyl (C=O) groups is 2. The largest absolute Gasteiger partial charge is 0.478 e. The molecule has 1 amide bonds. The highest BCUT2D eigenvalue weighted by atomic mass is 32.2. The molecule has 0 aliphatic heterocycles. The van der Waals surface area contributed by atoms with Crippen molar-refractivity contribution in [2.45, 2.75) is 5.75 Å². The highest BCUT2D eigenvalue weighted by Crippen LogP contribution is 2.26. The van der Waals surface area contributed by atoms with Gasteiger partial charge in [-0.15, -0.1) is 0 Å². The van der Waals surface area contributed by atoms with Crippen LogP contribution in [0.4, 0.5) is 5.69 Å². The Balaban J connectivity index is 1.55. The molecule has 0 fully saturated rings. The van der Waals surface area contributed by atoms with Crippen LogP contribution in [0.15, 0.2) is 71.3 Å². The van der Waals surface area contributed by atoms with E-state index in [4.69, 9.17) is 14.0 Å². The zero-order valence-corrected chi connectivity index (χ0v) is 18.1. The molecule has 0 spiro atoms. The zero-order valence-electron chi connectivity index (χ0n) is 17.3. The molecule has 0 radical (unpaired) electrons. The van der Waals surface area contributed by atoms with Gasteiger partial charge in [-0.3, -0.25) is 4.79 Å². The molecule has 11 heteroatoms. The molecule has 0 aliphatic rings. The Hall–Kier alpha value is -4.69. The van der Waals surface area contributed by atoms with Crippen LogP contribution in [0, 0.1) is 11.3 Å². The van der Waals surface area contributed by atoms with E-state index >= 15 is 0 Å². The summed E-state index contributed by atoms with van der Waals surface area (Å²) < 4.78 is 35.0. The van der Waals surface area contributed by atoms with Gasteiger partial charge in [-0.1, -0.05) is 35.5 Å². The second-order valence-corrected chi connectivity index (χ2v) is 8.66. The van der Waals surface area contributed by atoms with E-state index in [-0.39, 0.29) is 45.0 Å². The third-order valence-electron chi connectivity index (χ3n) is 4.70. The minimum Gasteiger partial charge on any atom is -0.478 e. The molecule has 2 N–H and O–H groups in total. The fourth-order valence-corrected chi connectivity index (χ4v) is 4.23. The maximum absolute atomic E-state index is 12.7. The van der Waals surface area contributed by atoms with Crippen molar-refractivity contribution in [3.8, 4) is 11.8 Å². The van der Waals surface area contributed by atoms with Gasteiger partial charge in [0.05, 0.1) is 28.3 Å². The number of hydrogen-bond acceptors (Lipinski definition) is 8. The highest BCUT2D eigenvalue weighted by molar-refractivity contribution is 7.86. The van der Waals surface area contributed by atoms with Crippen molar-refractivity contribution in [2.24, 2.45) is 0 Å². The first-order valence-corrected chi connectivity index (χ1v) is 11.3. The molecular formula is C23H15N3O7S. The first-order valence-electron chi connectivity index (χ1n) is 9.70. The molecule has 4 aromatic rings. The molecule has 34 heavy (non-hydrogen) atoms. The molecule has 10 nitrogen and oxygen atoms in total. The maximum Gasteiger partial charge on any atom is 0.337 e. The maximum atomic E-state index is 12.7. The molecule has 4 rings (SSSR count). The van der Waals surface area contributed by atoms with Crippen molar-refractivity contribution >= 4 is 38.7 Å². The van der Waals surface area contributed by atoms with Crippen LogP contribution in [0.25, 0.3) is 11.0 Å². The zero-order chi connectivity index (χ0) is 24.3. The predicted molar refractivity (Wildman–Crippen MR) is 120 cm³/mol. The van der Waals surface area contributed by atoms with Crippen LogP contribution in [0.1, 0.15) is 32.0 Å². The summed E-state index contributed by atoms with van der Waals surface area (Å²) in [5, 5.41) is 24.7. The SMILES string of the molecule is N#Cc1ccc(NC(=O)c2noc3cc(OS(=O)(=O)Cc4ccccc4)ccc23)c(C(=O)O)c1. The number of amides is 1. The summed E-state index contributed by atoms with van der Waals surface area (Å²) in [6.45, 7) is 0. The quantitative estimate of drug-likeness (QED) is 0.379. The third kappa shape index (κ3) is 4.87. The second-order valence-electron chi connectivity index (χ2n) is 7.09. The molecule has 0 atom stereocenters. The van der Waals surface area contributed by atoms with Gasteiger partial charge in [-0.25, -0.2) is 4.79 Å². The Labute approximate surface area is 193 Å². The van der Waals surface area contributed by atoms with Gasteiger partial charge in [-0.2, -0.15) is 13.7 Å². The lowest BCUT2D eigenvalue weighted by atomic mass is 10.1. The van der Waals surface area contributed by atoms with Crippen LogP contribution in [-0.4, -0.2) is 30.6 Å². The number of carboxylic acid groups (broad SMARTS) is 1. The van der Waals surface area contributed by atoms with Crippen molar-refractivity contribution in [2.75, 3.05) is 5.32 Å². The van der Waals surface area contributed by atoms with Gasteiger partial charge >= 0.3 is 16.1 Å². The minimum absolute atomic E-state index is 0.0215. The Morgan fingerprint density at radius 2 is 1.85 bits per heavy atom. The summed E-state index contributed by atoms with van der Waals surface area (Å²) in [7, 11) is -3.95. The number of hydrogen-bond donors (Lipinski definition) is 2. The first-order chi connectivity index (χ1) is 16.3. The van der Waals surface area contributed by atoms with Crippen LogP contribution in [0.5, 0.6) is 5.75 Å². The number of fused-ring (bicyclic) bond motifs is 1. The topological polar surface area (TPSA) is 160 Å². The molecule has 1 heterocycles. The van der Waals surface area contributed by atoms with Gasteiger partial charge in [0.25, 0.3) is 5.91 Å². The lowest BCUT2D eigenvalue weighted by molar-refractivity contribution is 0.0698. The Kier molecular flexibility index (Phi) is 5.99. The number of carboxylic acids is 1. The fourth-order valence-electron chi connectivity index (χ4n) is 3.17. The molecule has 1 aromatic heterocycles. The lowest BCUT2D eigenvalue weighted by Gasteiger charge is -2.08. The molecule has 0 bridgehead atoms. The van der Waals surface area contributed by atoms with Gasteiger partial charge < -0.3 is 19.1 Å². The molecule has 0 saturated carbocycles. The number of anilines is 1. The van der Waals surface area contributed by atoms with Crippen molar-refractivity contribution in [3.63, 3.8) is 0 Å². The van der Waals surface area contributed by atoms with E-state index in [1.54, 1.807) is 30.3 Å². The monoisotopic (exact) mass is 477 g/mol. The van der Waals surface area contributed by atoms with Gasteiger partial charge in [0.15, 0.2) is 11.3 Å². The van der Waals surface area contributed by atoms with Crippen molar-refractivity contribution in [3.05, 3.63) is 89.1 Å². The molecule has 0 unspecified atom stereocenters. The van der Waals surface area contributed by atoms with E-state index in [0.717, 1.165) is 6.07 Å². The highest BCUT2D eigenvalue weighted by Gasteiger charge is 2.21. The van der Waals surface area contributed by atoms with Crippen LogP contribution >= 0.6 is 0 Å². The van der Waals surface area contributed by atoms with Crippen molar-refractivity contribution < 1.29 is 31.8 Å². The average molecular weight is 477 g/mol. The number of carbonyl (C=O) groups excluding carboxylic acids is 1. The van der Waals surface area contributed by atoms with Crippen LogP contribution in [0.3, 0.4) is 0 Å². The van der Waals surface area contributed by atoms with Crippen LogP contribution < -0.4 is 9.50 Å². The fraction of sp³-hybridized carbons (Fsp3) is 0.0435. The standard InChI is InChI=1S/C23H15N3O7S/c24-12-15-6-9-19(18(10-15)23(28)29)25-22(27)21-17-8-7-16(11-20(17)32-26-21)33-34(30,31)13-14-4-2-1-3-5-14/h1-11H,13H2,(H,25,27)(H,28,29). The summed E-state index contributed by atoms with van der Waals surface area (Å²) in [5.41, 5.74) is 0.340. The Morgan fingerprint density at radius 3 is 2.56 bits per heavy atom. The molecular weight excluding hydrogens is 462 g/mol. The van der Waals surface area contributed by atoms with E-state index in [0.29, 0.717) is 5.56 Å². The average Bonchev–Trinajstić information content (AvgIpc) is 3.22. The van der Waals surface area contributed by atoms with Gasteiger partial charge in [0.2, 0.25) is 0 Å². The van der Waals surface area contributed by atoms with Crippen LogP contribution in [-0.2, 0) is 15.9 Å². The summed E-state index contributed by atoms with van der Waals surface area (Å²) in [4.78, 5) is 24.2.